The second-order valence-corrected chi connectivity index (χ2v) is 5.66. The number of benzene rings is 1. The fourth-order valence-corrected chi connectivity index (χ4v) is 3.05. The molecule has 0 radical (unpaired) electrons. The van der Waals surface area contributed by atoms with Gasteiger partial charge in [-0.2, -0.15) is 5.10 Å². The highest BCUT2D eigenvalue weighted by Gasteiger charge is 2.32. The number of halogens is 2. The zero-order valence-electron chi connectivity index (χ0n) is 14.3. The van der Waals surface area contributed by atoms with Crippen LogP contribution in [0.15, 0.2) is 42.7 Å². The van der Waals surface area contributed by atoms with Crippen molar-refractivity contribution in [3.63, 3.8) is 0 Å². The molecular formula is C17H24Cl2N4O2. The molecule has 138 valence electrons. The van der Waals surface area contributed by atoms with Gasteiger partial charge in [0.05, 0.1) is 13.2 Å². The molecular weight excluding hydrogens is 363 g/mol. The van der Waals surface area contributed by atoms with Crippen molar-refractivity contribution in [1.82, 2.24) is 20.0 Å². The van der Waals surface area contributed by atoms with Crippen LogP contribution >= 0.6 is 24.8 Å². The molecule has 8 heteroatoms. The van der Waals surface area contributed by atoms with Crippen LogP contribution in [-0.4, -0.2) is 47.3 Å². The van der Waals surface area contributed by atoms with Crippen LogP contribution in [0.4, 0.5) is 0 Å². The Balaban J connectivity index is 0.00000156. The molecule has 0 spiro atoms. The SMILES string of the molecule is COc1ccccc1C1CNCCN1C(=O)C(C)n1cccn1.Cl.Cl. The summed E-state index contributed by atoms with van der Waals surface area (Å²) in [6.45, 7) is 4.07. The minimum Gasteiger partial charge on any atom is -0.496 e. The van der Waals surface area contributed by atoms with Crippen LogP contribution in [0.3, 0.4) is 0 Å². The number of ether oxygens (including phenoxy) is 1. The summed E-state index contributed by atoms with van der Waals surface area (Å²) < 4.78 is 7.17. The lowest BCUT2D eigenvalue weighted by atomic mass is 10.0. The maximum Gasteiger partial charge on any atom is 0.247 e. The topological polar surface area (TPSA) is 59.4 Å². The minimum atomic E-state index is -0.319. The molecule has 1 N–H and O–H groups in total. The van der Waals surface area contributed by atoms with Gasteiger partial charge in [-0.05, 0) is 19.1 Å². The molecule has 0 saturated carbocycles. The Kier molecular flexibility index (Phi) is 8.22. The molecule has 2 atom stereocenters. The predicted molar refractivity (Wildman–Crippen MR) is 102 cm³/mol. The normalized spacial score (nSPS) is 17.8. The van der Waals surface area contributed by atoms with E-state index in [1.54, 1.807) is 18.0 Å². The van der Waals surface area contributed by atoms with Crippen molar-refractivity contribution in [2.75, 3.05) is 26.7 Å². The lowest BCUT2D eigenvalue weighted by Gasteiger charge is -2.38. The number of carbonyl (C=O) groups excluding carboxylic acids is 1. The van der Waals surface area contributed by atoms with Crippen LogP contribution in [0.5, 0.6) is 5.75 Å². The third-order valence-electron chi connectivity index (χ3n) is 4.30. The van der Waals surface area contributed by atoms with Crippen LogP contribution in [0, 0.1) is 0 Å². The van der Waals surface area contributed by atoms with E-state index in [0.717, 1.165) is 24.4 Å². The van der Waals surface area contributed by atoms with Crippen LogP contribution in [0.2, 0.25) is 0 Å². The van der Waals surface area contributed by atoms with Gasteiger partial charge in [0.1, 0.15) is 11.8 Å². The number of para-hydroxylation sites is 1. The largest absolute Gasteiger partial charge is 0.496 e. The smallest absolute Gasteiger partial charge is 0.247 e. The van der Waals surface area contributed by atoms with Crippen molar-refractivity contribution in [1.29, 1.82) is 0 Å². The van der Waals surface area contributed by atoms with Gasteiger partial charge in [0, 0.05) is 37.6 Å². The van der Waals surface area contributed by atoms with Crippen molar-refractivity contribution in [2.45, 2.75) is 19.0 Å². The highest BCUT2D eigenvalue weighted by atomic mass is 35.5. The number of hydrogen-bond donors (Lipinski definition) is 1. The van der Waals surface area contributed by atoms with E-state index in [-0.39, 0.29) is 42.8 Å². The lowest BCUT2D eigenvalue weighted by Crippen LogP contribution is -2.50. The van der Waals surface area contributed by atoms with E-state index < -0.39 is 0 Å². The van der Waals surface area contributed by atoms with Crippen molar-refractivity contribution >= 4 is 30.7 Å². The maximum absolute atomic E-state index is 13.0. The summed E-state index contributed by atoms with van der Waals surface area (Å²) in [6, 6.07) is 9.35. The Morgan fingerprint density at radius 3 is 2.76 bits per heavy atom. The van der Waals surface area contributed by atoms with Gasteiger partial charge in [0.2, 0.25) is 5.91 Å². The Labute approximate surface area is 160 Å². The third kappa shape index (κ3) is 4.45. The van der Waals surface area contributed by atoms with E-state index in [1.807, 2.05) is 48.4 Å². The van der Waals surface area contributed by atoms with E-state index in [0.29, 0.717) is 6.54 Å². The van der Waals surface area contributed by atoms with Gasteiger partial charge in [-0.3, -0.25) is 9.48 Å². The first-order valence-electron chi connectivity index (χ1n) is 7.85. The zero-order chi connectivity index (χ0) is 16.2. The second-order valence-electron chi connectivity index (χ2n) is 5.66. The third-order valence-corrected chi connectivity index (χ3v) is 4.30. The van der Waals surface area contributed by atoms with Gasteiger partial charge in [0.15, 0.2) is 0 Å². The van der Waals surface area contributed by atoms with Crippen LogP contribution in [0.25, 0.3) is 0 Å². The number of rotatable bonds is 4. The highest BCUT2D eigenvalue weighted by Crippen LogP contribution is 2.31. The van der Waals surface area contributed by atoms with Gasteiger partial charge in [-0.15, -0.1) is 24.8 Å². The molecule has 1 fully saturated rings. The number of carbonyl (C=O) groups is 1. The van der Waals surface area contributed by atoms with Crippen molar-refractivity contribution < 1.29 is 9.53 Å². The van der Waals surface area contributed by atoms with Gasteiger partial charge in [-0.1, -0.05) is 18.2 Å². The molecule has 0 bridgehead atoms. The van der Waals surface area contributed by atoms with Crippen LogP contribution in [0.1, 0.15) is 24.6 Å². The minimum absolute atomic E-state index is 0. The monoisotopic (exact) mass is 386 g/mol. The summed E-state index contributed by atoms with van der Waals surface area (Å²) in [5.41, 5.74) is 1.03. The number of piperazine rings is 1. The summed E-state index contributed by atoms with van der Waals surface area (Å²) in [5.74, 6) is 0.886. The predicted octanol–water partition coefficient (Wildman–Crippen LogP) is 2.47. The Morgan fingerprint density at radius 2 is 2.08 bits per heavy atom. The molecule has 2 unspecified atom stereocenters. The van der Waals surface area contributed by atoms with E-state index in [2.05, 4.69) is 10.4 Å². The highest BCUT2D eigenvalue weighted by molar-refractivity contribution is 5.85. The Bertz CT molecular complexity index is 666. The molecule has 0 aliphatic carbocycles. The molecule has 1 aliphatic rings. The van der Waals surface area contributed by atoms with Crippen molar-refractivity contribution in [2.24, 2.45) is 0 Å². The number of aromatic nitrogens is 2. The van der Waals surface area contributed by atoms with Gasteiger partial charge in [0.25, 0.3) is 0 Å². The van der Waals surface area contributed by atoms with Crippen molar-refractivity contribution in [3.05, 3.63) is 48.3 Å². The fourth-order valence-electron chi connectivity index (χ4n) is 3.05. The summed E-state index contributed by atoms with van der Waals surface area (Å²) in [7, 11) is 1.66. The number of methoxy groups -OCH3 is 1. The van der Waals surface area contributed by atoms with Crippen LogP contribution in [-0.2, 0) is 4.79 Å². The number of nitrogens with zero attached hydrogens (tertiary/aromatic N) is 3. The molecule has 25 heavy (non-hydrogen) atoms. The van der Waals surface area contributed by atoms with Crippen LogP contribution < -0.4 is 10.1 Å². The molecule has 2 aromatic rings. The summed E-state index contributed by atoms with van der Waals surface area (Å²) in [5, 5.41) is 7.56. The molecule has 1 aromatic carbocycles. The number of nitrogens with one attached hydrogen (secondary N) is 1. The quantitative estimate of drug-likeness (QED) is 0.876. The standard InChI is InChI=1S/C17H22N4O2.2ClH/c1-13(21-10-5-8-19-21)17(22)20-11-9-18-12-15(20)14-6-3-4-7-16(14)23-2;;/h3-8,10,13,15,18H,9,11-12H2,1-2H3;2*1H. The van der Waals surface area contributed by atoms with E-state index in [9.17, 15) is 4.79 Å². The van der Waals surface area contributed by atoms with E-state index in [4.69, 9.17) is 4.74 Å². The van der Waals surface area contributed by atoms with Gasteiger partial charge < -0.3 is 15.0 Å². The molecule has 6 nitrogen and oxygen atoms in total. The zero-order valence-corrected chi connectivity index (χ0v) is 15.9. The van der Waals surface area contributed by atoms with Crippen molar-refractivity contribution in [3.8, 4) is 5.75 Å². The molecule has 3 rings (SSSR count). The summed E-state index contributed by atoms with van der Waals surface area (Å²) in [4.78, 5) is 14.9. The van der Waals surface area contributed by atoms with Gasteiger partial charge >= 0.3 is 0 Å². The average Bonchev–Trinajstić information content (AvgIpc) is 3.15. The molecule has 1 saturated heterocycles. The first kappa shape index (κ1) is 21.3. The molecule has 1 amide bonds. The maximum atomic E-state index is 13.0. The molecule has 1 aromatic heterocycles. The fraction of sp³-hybridized carbons (Fsp3) is 0.412. The first-order chi connectivity index (χ1) is 11.2. The summed E-state index contributed by atoms with van der Waals surface area (Å²) in [6.07, 6.45) is 3.52. The van der Waals surface area contributed by atoms with E-state index in [1.165, 1.54) is 0 Å². The number of hydrogen-bond acceptors (Lipinski definition) is 4. The first-order valence-corrected chi connectivity index (χ1v) is 7.85. The summed E-state index contributed by atoms with van der Waals surface area (Å²) >= 11 is 0. The molecule has 1 aliphatic heterocycles. The Morgan fingerprint density at radius 1 is 1.32 bits per heavy atom. The Hall–Kier alpha value is -1.76. The van der Waals surface area contributed by atoms with E-state index >= 15 is 0 Å². The molecule has 2 heterocycles. The average molecular weight is 387 g/mol. The lowest BCUT2D eigenvalue weighted by molar-refractivity contribution is -0.138. The second kappa shape index (κ2) is 9.65. The number of amides is 1. The van der Waals surface area contributed by atoms with Gasteiger partial charge in [-0.25, -0.2) is 0 Å².